The van der Waals surface area contributed by atoms with Crippen molar-refractivity contribution in [2.24, 2.45) is 0 Å². The van der Waals surface area contributed by atoms with E-state index in [1.54, 1.807) is 6.20 Å². The molecule has 0 atom stereocenters. The molecule has 0 aliphatic carbocycles. The smallest absolute Gasteiger partial charge is 0.146 e. The molecule has 0 saturated heterocycles. The van der Waals surface area contributed by atoms with Crippen LogP contribution in [-0.2, 0) is 25.5 Å². The number of fused-ring (bicyclic) bond motifs is 6. The SMILES string of the molecule is CC(C)(C)c1ccc(-c2[c-]cccc2)nc1.CC(C)c1c[c-]c(-c2ccccn2)c2oc3c(-n4c5ccccc5c5ccccc54)c(C#N)ccc3c12.[Ir]. The van der Waals surface area contributed by atoms with Gasteiger partial charge in [-0.3, -0.25) is 0 Å². The van der Waals surface area contributed by atoms with Crippen LogP contribution in [0.25, 0.3) is 71.9 Å². The van der Waals surface area contributed by atoms with E-state index in [1.807, 2.05) is 72.9 Å². The number of hydrogen-bond acceptors (Lipinski definition) is 4. The summed E-state index contributed by atoms with van der Waals surface area (Å²) < 4.78 is 8.95. The van der Waals surface area contributed by atoms with Crippen LogP contribution in [0.5, 0.6) is 0 Å². The third-order valence-electron chi connectivity index (χ3n) is 9.80. The molecule has 0 N–H and O–H groups in total. The number of aromatic nitrogens is 3. The molecule has 9 aromatic rings. The Bertz CT molecular complexity index is 2730. The molecule has 267 valence electrons. The maximum Gasteiger partial charge on any atom is 0.146 e. The van der Waals surface area contributed by atoms with Gasteiger partial charge in [0.15, 0.2) is 0 Å². The van der Waals surface area contributed by atoms with Gasteiger partial charge in [0.05, 0.1) is 22.2 Å². The van der Waals surface area contributed by atoms with Crippen molar-refractivity contribution >= 4 is 43.7 Å². The minimum Gasteiger partial charge on any atom is -0.498 e. The Hall–Kier alpha value is -5.86. The van der Waals surface area contributed by atoms with E-state index in [4.69, 9.17) is 4.42 Å². The summed E-state index contributed by atoms with van der Waals surface area (Å²) >= 11 is 0. The van der Waals surface area contributed by atoms with Gasteiger partial charge >= 0.3 is 0 Å². The fraction of sp³-hybridized carbons (Fsp3) is 0.146. The third-order valence-corrected chi connectivity index (χ3v) is 9.80. The van der Waals surface area contributed by atoms with Crippen molar-refractivity contribution < 1.29 is 24.5 Å². The second-order valence-electron chi connectivity index (χ2n) is 14.6. The first kappa shape index (κ1) is 36.5. The van der Waals surface area contributed by atoms with Crippen LogP contribution < -0.4 is 0 Å². The summed E-state index contributed by atoms with van der Waals surface area (Å²) in [6.45, 7) is 10.9. The van der Waals surface area contributed by atoms with Gasteiger partial charge in [0.1, 0.15) is 17.3 Å². The van der Waals surface area contributed by atoms with Gasteiger partial charge < -0.3 is 19.0 Å². The van der Waals surface area contributed by atoms with Crippen molar-refractivity contribution in [1.29, 1.82) is 5.26 Å². The Morgan fingerprint density at radius 2 is 1.43 bits per heavy atom. The Labute approximate surface area is 329 Å². The van der Waals surface area contributed by atoms with E-state index in [2.05, 4.69) is 122 Å². The zero-order valence-corrected chi connectivity index (χ0v) is 33.2. The van der Waals surface area contributed by atoms with Gasteiger partial charge in [-0.1, -0.05) is 118 Å². The summed E-state index contributed by atoms with van der Waals surface area (Å²) in [5.41, 5.74) is 11.1. The zero-order chi connectivity index (χ0) is 36.7. The van der Waals surface area contributed by atoms with E-state index in [9.17, 15) is 5.26 Å². The van der Waals surface area contributed by atoms with Crippen molar-refractivity contribution in [3.05, 3.63) is 163 Å². The molecule has 0 fully saturated rings. The van der Waals surface area contributed by atoms with Crippen LogP contribution in [0.15, 0.2) is 138 Å². The van der Waals surface area contributed by atoms with E-state index in [0.29, 0.717) is 11.1 Å². The summed E-state index contributed by atoms with van der Waals surface area (Å²) in [7, 11) is 0. The van der Waals surface area contributed by atoms with Gasteiger partial charge in [-0.25, -0.2) is 0 Å². The molecule has 1 radical (unpaired) electrons. The van der Waals surface area contributed by atoms with Gasteiger partial charge in [-0.2, -0.15) is 5.26 Å². The van der Waals surface area contributed by atoms with Gasteiger partial charge in [0.2, 0.25) is 0 Å². The van der Waals surface area contributed by atoms with Crippen molar-refractivity contribution in [3.63, 3.8) is 0 Å². The minimum atomic E-state index is 0. The van der Waals surface area contributed by atoms with Gasteiger partial charge in [-0.15, -0.1) is 53.6 Å². The maximum absolute atomic E-state index is 10.2. The molecule has 0 amide bonds. The Kier molecular flexibility index (Phi) is 10.1. The third kappa shape index (κ3) is 6.51. The number of nitriles is 1. The molecular formula is C48H38IrN4O-2. The Morgan fingerprint density at radius 1 is 0.722 bits per heavy atom. The fourth-order valence-electron chi connectivity index (χ4n) is 7.08. The van der Waals surface area contributed by atoms with Gasteiger partial charge in [-0.05, 0) is 46.6 Å². The van der Waals surface area contributed by atoms with E-state index >= 15 is 0 Å². The Morgan fingerprint density at radius 3 is 2.02 bits per heavy atom. The Balaban J connectivity index is 0.000000223. The molecule has 5 nitrogen and oxygen atoms in total. The van der Waals surface area contributed by atoms with Crippen LogP contribution in [0.2, 0.25) is 0 Å². The van der Waals surface area contributed by atoms with Crippen molar-refractivity contribution in [3.8, 4) is 34.3 Å². The molecule has 6 heteroatoms. The average Bonchev–Trinajstić information content (AvgIpc) is 3.74. The molecule has 0 aliphatic rings. The molecule has 54 heavy (non-hydrogen) atoms. The summed E-state index contributed by atoms with van der Waals surface area (Å²) in [5.74, 6) is 0.268. The van der Waals surface area contributed by atoms with E-state index in [1.165, 1.54) is 5.56 Å². The van der Waals surface area contributed by atoms with Gasteiger partial charge in [0.25, 0.3) is 0 Å². The standard InChI is InChI=1S/C33H22N3O.C15H16N.Ir/c1-20(2)22-16-17-25(27-11-7-8-18-35-27)32-30(22)26-15-14-21(19-34)31(33(26)37-32)36-28-12-5-3-9-23(28)24-10-4-6-13-29(24)36;1-15(2,3)13-9-10-14(16-11-13)12-7-5-4-6-8-12;/h3-16,18,20H,1-2H3;4-7,9-11H,1-3H3;/q2*-1;. The first-order valence-corrected chi connectivity index (χ1v) is 17.9. The first-order chi connectivity index (χ1) is 25.7. The predicted octanol–water partition coefficient (Wildman–Crippen LogP) is 12.4. The molecule has 0 spiro atoms. The van der Waals surface area contributed by atoms with Crippen LogP contribution in [0.4, 0.5) is 0 Å². The minimum absolute atomic E-state index is 0. The van der Waals surface area contributed by atoms with Crippen LogP contribution in [0.3, 0.4) is 0 Å². The number of furan rings is 1. The number of pyridine rings is 2. The van der Waals surface area contributed by atoms with Crippen molar-refractivity contribution in [1.82, 2.24) is 14.5 Å². The molecule has 0 saturated carbocycles. The monoisotopic (exact) mass is 879 g/mol. The molecule has 4 aromatic heterocycles. The number of hydrogen-bond donors (Lipinski definition) is 0. The van der Waals surface area contributed by atoms with Crippen LogP contribution in [0.1, 0.15) is 57.2 Å². The number of rotatable bonds is 4. The summed E-state index contributed by atoms with van der Waals surface area (Å²) in [5, 5.41) is 14.6. The van der Waals surface area contributed by atoms with Gasteiger partial charge in [0, 0.05) is 48.7 Å². The quantitative estimate of drug-likeness (QED) is 0.165. The van der Waals surface area contributed by atoms with Crippen molar-refractivity contribution in [2.75, 3.05) is 0 Å². The summed E-state index contributed by atoms with van der Waals surface area (Å²) in [4.78, 5) is 9.07. The maximum atomic E-state index is 10.2. The van der Waals surface area contributed by atoms with E-state index < -0.39 is 0 Å². The first-order valence-electron chi connectivity index (χ1n) is 17.9. The van der Waals surface area contributed by atoms with E-state index in [-0.39, 0.29) is 31.4 Å². The molecule has 5 aromatic carbocycles. The molecular weight excluding hydrogens is 841 g/mol. The number of para-hydroxylation sites is 2. The number of nitrogens with zero attached hydrogens (tertiary/aromatic N) is 4. The molecule has 4 heterocycles. The zero-order valence-electron chi connectivity index (χ0n) is 30.8. The second-order valence-corrected chi connectivity index (χ2v) is 14.6. The van der Waals surface area contributed by atoms with Crippen LogP contribution >= 0.6 is 0 Å². The van der Waals surface area contributed by atoms with E-state index in [0.717, 1.165) is 71.9 Å². The largest absolute Gasteiger partial charge is 0.498 e. The molecule has 0 unspecified atom stereocenters. The molecule has 0 aliphatic heterocycles. The van der Waals surface area contributed by atoms with Crippen molar-refractivity contribution in [2.45, 2.75) is 46.0 Å². The van der Waals surface area contributed by atoms with Crippen LogP contribution in [-0.4, -0.2) is 14.5 Å². The summed E-state index contributed by atoms with van der Waals surface area (Å²) in [6, 6.07) is 49.7. The average molecular weight is 879 g/mol. The second kappa shape index (κ2) is 14.9. The molecule has 0 bridgehead atoms. The topological polar surface area (TPSA) is 67.6 Å². The fourth-order valence-corrected chi connectivity index (χ4v) is 7.08. The van der Waals surface area contributed by atoms with Crippen LogP contribution in [0, 0.1) is 23.5 Å². The summed E-state index contributed by atoms with van der Waals surface area (Å²) in [6.07, 6.45) is 3.74. The predicted molar refractivity (Wildman–Crippen MR) is 216 cm³/mol. The molecule has 9 rings (SSSR count). The normalized spacial score (nSPS) is 11.4. The number of benzene rings is 5.